The van der Waals surface area contributed by atoms with E-state index in [2.05, 4.69) is 17.6 Å². The van der Waals surface area contributed by atoms with E-state index in [4.69, 9.17) is 4.74 Å². The maximum atomic E-state index is 13.5. The second-order valence-corrected chi connectivity index (χ2v) is 15.5. The molecule has 0 bridgehead atoms. The summed E-state index contributed by atoms with van der Waals surface area (Å²) in [6.07, 6.45) is 10.7. The first-order chi connectivity index (χ1) is 23.8. The molecule has 0 radical (unpaired) electrons. The van der Waals surface area contributed by atoms with Crippen molar-refractivity contribution in [1.82, 2.24) is 10.6 Å². The zero-order valence-electron chi connectivity index (χ0n) is 29.6. The predicted octanol–water partition coefficient (Wildman–Crippen LogP) is 4.59. The summed E-state index contributed by atoms with van der Waals surface area (Å²) in [5.74, 6) is -0.619. The molecule has 5 N–H and O–H groups in total. The van der Waals surface area contributed by atoms with Crippen LogP contribution in [0.5, 0.6) is 11.5 Å². The molecule has 3 fully saturated rings. The fourth-order valence-corrected chi connectivity index (χ4v) is 9.65. The van der Waals surface area contributed by atoms with Gasteiger partial charge >= 0.3 is 5.97 Å². The van der Waals surface area contributed by atoms with Crippen LogP contribution < -0.4 is 10.6 Å². The molecule has 0 aliphatic heterocycles. The number of Topliss-reactive ketones (excluding diaryl/α,β-unsaturated/α-hetero) is 1. The lowest BCUT2D eigenvalue weighted by atomic mass is 9.46. The van der Waals surface area contributed by atoms with Crippen molar-refractivity contribution in [3.05, 3.63) is 35.4 Å². The lowest BCUT2D eigenvalue weighted by Gasteiger charge is -2.58. The quantitative estimate of drug-likeness (QED) is 0.0998. The summed E-state index contributed by atoms with van der Waals surface area (Å²) in [6, 6.07) is 4.56. The first kappa shape index (κ1) is 37.5. The molecule has 0 saturated heterocycles. The molecular weight excluding hydrogens is 640 g/mol. The molecule has 6 atom stereocenters. The van der Waals surface area contributed by atoms with Gasteiger partial charge in [0.1, 0.15) is 5.60 Å². The molecule has 0 spiro atoms. The molecule has 50 heavy (non-hydrogen) atoms. The Morgan fingerprint density at radius 1 is 0.840 bits per heavy atom. The first-order valence-corrected chi connectivity index (χ1v) is 18.5. The molecule has 0 heterocycles. The average Bonchev–Trinajstić information content (AvgIpc) is 3.37. The zero-order chi connectivity index (χ0) is 36.1. The molecule has 0 aromatic heterocycles. The number of esters is 1. The van der Waals surface area contributed by atoms with Crippen LogP contribution in [-0.4, -0.2) is 70.0 Å². The number of aliphatic hydroxyl groups is 1. The van der Waals surface area contributed by atoms with Gasteiger partial charge in [0.15, 0.2) is 23.9 Å². The average molecular weight is 695 g/mol. The highest BCUT2D eigenvalue weighted by Crippen LogP contribution is 2.67. The predicted molar refractivity (Wildman–Crippen MR) is 185 cm³/mol. The first-order valence-electron chi connectivity index (χ1n) is 18.5. The summed E-state index contributed by atoms with van der Waals surface area (Å²) in [5.41, 5.74) is -0.0574. The number of carbonyl (C=O) groups excluding carboxylic acids is 5. The van der Waals surface area contributed by atoms with Crippen LogP contribution in [0.4, 0.5) is 0 Å². The minimum Gasteiger partial charge on any atom is -0.504 e. The van der Waals surface area contributed by atoms with Crippen LogP contribution in [-0.2, 0) is 35.1 Å². The van der Waals surface area contributed by atoms with Crippen molar-refractivity contribution < 1.29 is 44.0 Å². The summed E-state index contributed by atoms with van der Waals surface area (Å²) >= 11 is 0. The third kappa shape index (κ3) is 7.92. The van der Waals surface area contributed by atoms with Crippen molar-refractivity contribution >= 4 is 29.4 Å². The van der Waals surface area contributed by atoms with Gasteiger partial charge in [-0.1, -0.05) is 31.9 Å². The Morgan fingerprint density at radius 2 is 1.58 bits per heavy atom. The van der Waals surface area contributed by atoms with Crippen LogP contribution in [0.15, 0.2) is 29.8 Å². The molecule has 11 heteroatoms. The molecule has 1 aromatic rings. The number of ether oxygens (including phenoxy) is 1. The molecule has 5 rings (SSSR count). The van der Waals surface area contributed by atoms with Crippen LogP contribution >= 0.6 is 0 Å². The SMILES string of the molecule is CC12CCC(=O)C=C1CCC1C2CCC2(C)C1CCC2(O)C(=O)COC(=O)CCC(=O)NCCCCCC(=O)NCCc1ccc(O)c(O)c1. The van der Waals surface area contributed by atoms with E-state index >= 15 is 0 Å². The van der Waals surface area contributed by atoms with Gasteiger partial charge in [-0.15, -0.1) is 0 Å². The zero-order valence-corrected chi connectivity index (χ0v) is 29.6. The summed E-state index contributed by atoms with van der Waals surface area (Å²) in [5, 5.41) is 36.4. The molecule has 6 unspecified atom stereocenters. The van der Waals surface area contributed by atoms with Crippen molar-refractivity contribution in [2.45, 2.75) is 116 Å². The monoisotopic (exact) mass is 694 g/mol. The summed E-state index contributed by atoms with van der Waals surface area (Å²) < 4.78 is 5.28. The molecule has 4 aliphatic rings. The molecule has 3 saturated carbocycles. The minimum absolute atomic E-state index is 0.00784. The smallest absolute Gasteiger partial charge is 0.306 e. The van der Waals surface area contributed by atoms with Gasteiger partial charge in [-0.05, 0) is 111 Å². The number of ketones is 2. The lowest BCUT2D eigenvalue weighted by molar-refractivity contribution is -0.170. The standard InChI is InChI=1S/C39H54N2O9/c1-37-17-13-27(42)23-26(37)8-9-28-29(37)14-18-38(2)30(28)15-19-39(38,49)33(45)24-50-36(48)12-11-35(47)40-20-5-3-4-6-34(46)41-21-16-25-7-10-31(43)32(44)22-25/h7,10,22-23,28-30,43-44,49H,3-6,8-9,11-21,24H2,1-2H3,(H,40,47)(H,41,46). The number of carbonyl (C=O) groups is 5. The Hall–Kier alpha value is -3.73. The third-order valence-electron chi connectivity index (χ3n) is 12.7. The maximum absolute atomic E-state index is 13.5. The van der Waals surface area contributed by atoms with Crippen LogP contribution in [0.2, 0.25) is 0 Å². The van der Waals surface area contributed by atoms with Crippen molar-refractivity contribution in [2.24, 2.45) is 28.6 Å². The number of hydrogen-bond donors (Lipinski definition) is 5. The molecule has 2 amide bonds. The number of nitrogens with one attached hydrogen (secondary N) is 2. The Kier molecular flexibility index (Phi) is 11.8. The van der Waals surface area contributed by atoms with E-state index < -0.39 is 29.4 Å². The van der Waals surface area contributed by atoms with Crippen molar-refractivity contribution in [1.29, 1.82) is 0 Å². The number of allylic oxidation sites excluding steroid dienone is 1. The third-order valence-corrected chi connectivity index (χ3v) is 12.7. The van der Waals surface area contributed by atoms with E-state index in [0.29, 0.717) is 69.9 Å². The van der Waals surface area contributed by atoms with E-state index in [-0.39, 0.29) is 53.3 Å². The van der Waals surface area contributed by atoms with Gasteiger partial charge in [-0.2, -0.15) is 0 Å². The molecule has 1 aromatic carbocycles. The van der Waals surface area contributed by atoms with Crippen molar-refractivity contribution in [3.63, 3.8) is 0 Å². The Morgan fingerprint density at radius 3 is 2.36 bits per heavy atom. The fourth-order valence-electron chi connectivity index (χ4n) is 9.65. The lowest BCUT2D eigenvalue weighted by Crippen LogP contribution is -2.58. The van der Waals surface area contributed by atoms with Gasteiger partial charge in [-0.3, -0.25) is 24.0 Å². The summed E-state index contributed by atoms with van der Waals surface area (Å²) in [7, 11) is 0. The van der Waals surface area contributed by atoms with Gasteiger partial charge < -0.3 is 30.7 Å². The Labute approximate surface area is 294 Å². The second kappa shape index (κ2) is 15.7. The topological polar surface area (TPSA) is 179 Å². The largest absolute Gasteiger partial charge is 0.504 e. The molecule has 11 nitrogen and oxygen atoms in total. The maximum Gasteiger partial charge on any atom is 0.306 e. The molecular formula is C39H54N2O9. The number of unbranched alkanes of at least 4 members (excludes halogenated alkanes) is 2. The van der Waals surface area contributed by atoms with Crippen LogP contribution in [0.3, 0.4) is 0 Å². The minimum atomic E-state index is -1.56. The fraction of sp³-hybridized carbons (Fsp3) is 0.667. The van der Waals surface area contributed by atoms with Gasteiger partial charge in [0, 0.05) is 37.8 Å². The normalized spacial score (nSPS) is 29.9. The summed E-state index contributed by atoms with van der Waals surface area (Å²) in [6.45, 7) is 4.67. The molecule has 4 aliphatic carbocycles. The van der Waals surface area contributed by atoms with Gasteiger partial charge in [0.2, 0.25) is 17.6 Å². The van der Waals surface area contributed by atoms with E-state index in [1.54, 1.807) is 6.07 Å². The number of benzene rings is 1. The van der Waals surface area contributed by atoms with E-state index in [9.17, 15) is 39.3 Å². The van der Waals surface area contributed by atoms with Crippen molar-refractivity contribution in [3.8, 4) is 11.5 Å². The van der Waals surface area contributed by atoms with Gasteiger partial charge in [-0.25, -0.2) is 0 Å². The highest BCUT2D eigenvalue weighted by Gasteiger charge is 2.66. The van der Waals surface area contributed by atoms with Crippen LogP contribution in [0, 0.1) is 28.6 Å². The highest BCUT2D eigenvalue weighted by molar-refractivity contribution is 5.92. The number of hydrogen-bond acceptors (Lipinski definition) is 9. The van der Waals surface area contributed by atoms with E-state index in [1.807, 2.05) is 13.0 Å². The second-order valence-electron chi connectivity index (χ2n) is 15.5. The van der Waals surface area contributed by atoms with Gasteiger partial charge in [0.05, 0.1) is 6.42 Å². The molecule has 274 valence electrons. The number of phenolic OH excluding ortho intramolecular Hbond substituents is 2. The Balaban J connectivity index is 0.951. The highest BCUT2D eigenvalue weighted by atomic mass is 16.5. The number of amides is 2. The number of fused-ring (bicyclic) bond motifs is 5. The van der Waals surface area contributed by atoms with Crippen LogP contribution in [0.1, 0.15) is 109 Å². The Bertz CT molecular complexity index is 1510. The van der Waals surface area contributed by atoms with E-state index in [1.165, 1.54) is 17.7 Å². The van der Waals surface area contributed by atoms with Gasteiger partial charge in [0.25, 0.3) is 0 Å². The number of rotatable bonds is 15. The van der Waals surface area contributed by atoms with Crippen LogP contribution in [0.25, 0.3) is 0 Å². The number of phenols is 2. The number of aromatic hydroxyl groups is 2. The summed E-state index contributed by atoms with van der Waals surface area (Å²) in [4.78, 5) is 62.4. The van der Waals surface area contributed by atoms with Crippen molar-refractivity contribution in [2.75, 3.05) is 19.7 Å². The van der Waals surface area contributed by atoms with E-state index in [0.717, 1.165) is 44.1 Å².